The van der Waals surface area contributed by atoms with E-state index in [0.717, 1.165) is 14.6 Å². The Morgan fingerprint density at radius 2 is 1.38 bits per heavy atom. The number of fused-ring (bicyclic) bond motifs is 2. The summed E-state index contributed by atoms with van der Waals surface area (Å²) in [5, 5.41) is 1.18. The third kappa shape index (κ3) is 3.10. The van der Waals surface area contributed by atoms with Gasteiger partial charge in [0.15, 0.2) is 5.43 Å². The van der Waals surface area contributed by atoms with E-state index in [-0.39, 0.29) is 17.9 Å². The first kappa shape index (κ1) is 16.8. The monoisotopic (exact) mass is 455 g/mol. The molecule has 4 aromatic rings. The molecule has 0 unspecified atom stereocenters. The predicted molar refractivity (Wildman–Crippen MR) is 111 cm³/mol. The van der Waals surface area contributed by atoms with Gasteiger partial charge in [-0.3, -0.25) is 4.79 Å². The molecule has 0 N–H and O–H groups in total. The van der Waals surface area contributed by atoms with Gasteiger partial charge in [0, 0.05) is 14.3 Å². The highest BCUT2D eigenvalue weighted by atomic mass is 127. The van der Waals surface area contributed by atoms with Crippen LogP contribution in [0.3, 0.4) is 0 Å². The van der Waals surface area contributed by atoms with Crippen molar-refractivity contribution in [1.82, 2.24) is 4.57 Å². The van der Waals surface area contributed by atoms with Crippen LogP contribution in [0, 0.1) is 3.57 Å². The molecule has 3 aromatic carbocycles. The number of carbonyl (C=O) groups is 1. The van der Waals surface area contributed by atoms with Crippen LogP contribution in [0.15, 0.2) is 77.6 Å². The lowest BCUT2D eigenvalue weighted by atomic mass is 10.1. The Morgan fingerprint density at radius 1 is 0.846 bits per heavy atom. The van der Waals surface area contributed by atoms with Gasteiger partial charge < -0.3 is 9.30 Å². The minimum atomic E-state index is -0.384. The fourth-order valence-corrected chi connectivity index (χ4v) is 3.40. The zero-order chi connectivity index (χ0) is 18.1. The van der Waals surface area contributed by atoms with Gasteiger partial charge in [0.2, 0.25) is 0 Å². The van der Waals surface area contributed by atoms with Gasteiger partial charge in [-0.05, 0) is 71.1 Å². The van der Waals surface area contributed by atoms with Crippen LogP contribution < -0.4 is 10.2 Å². The van der Waals surface area contributed by atoms with Crippen LogP contribution in [0.5, 0.6) is 5.75 Å². The largest absolute Gasteiger partial charge is 0.425 e. The number of ether oxygens (including phenoxy) is 1. The Morgan fingerprint density at radius 3 is 1.96 bits per heavy atom. The summed E-state index contributed by atoms with van der Waals surface area (Å²) in [6.45, 7) is 0.0211. The van der Waals surface area contributed by atoms with E-state index in [1.54, 1.807) is 24.3 Å². The molecule has 0 aliphatic carbocycles. The van der Waals surface area contributed by atoms with E-state index in [1.165, 1.54) is 0 Å². The molecule has 0 saturated carbocycles. The molecule has 1 heterocycles. The van der Waals surface area contributed by atoms with Gasteiger partial charge in [-0.2, -0.15) is 0 Å². The van der Waals surface area contributed by atoms with Crippen molar-refractivity contribution in [2.24, 2.45) is 0 Å². The third-order valence-electron chi connectivity index (χ3n) is 4.21. The summed E-state index contributed by atoms with van der Waals surface area (Å²) in [6, 6.07) is 21.9. The van der Waals surface area contributed by atoms with Gasteiger partial charge in [0.25, 0.3) is 0 Å². The van der Waals surface area contributed by atoms with Gasteiger partial charge in [-0.1, -0.05) is 24.3 Å². The Balaban J connectivity index is 1.79. The second kappa shape index (κ2) is 6.92. The summed E-state index contributed by atoms with van der Waals surface area (Å²) in [4.78, 5) is 25.2. The minimum Gasteiger partial charge on any atom is -0.425 e. The number of rotatable bonds is 3. The zero-order valence-corrected chi connectivity index (χ0v) is 15.8. The molecule has 0 fully saturated rings. The number of esters is 1. The summed E-state index contributed by atoms with van der Waals surface area (Å²) in [6.07, 6.45) is 0. The van der Waals surface area contributed by atoms with Crippen LogP contribution in [-0.2, 0) is 11.3 Å². The second-order valence-electron chi connectivity index (χ2n) is 5.88. The summed E-state index contributed by atoms with van der Waals surface area (Å²) in [5.41, 5.74) is 1.41. The number of para-hydroxylation sites is 2. The Bertz CT molecular complexity index is 1120. The van der Waals surface area contributed by atoms with Crippen LogP contribution in [-0.4, -0.2) is 10.5 Å². The fourth-order valence-electron chi connectivity index (χ4n) is 3.04. The zero-order valence-electron chi connectivity index (χ0n) is 13.7. The number of hydrogen-bond acceptors (Lipinski definition) is 3. The van der Waals surface area contributed by atoms with Crippen molar-refractivity contribution in [1.29, 1.82) is 0 Å². The molecule has 0 aliphatic rings. The molecule has 128 valence electrons. The van der Waals surface area contributed by atoms with Gasteiger partial charge in [0.1, 0.15) is 12.3 Å². The highest BCUT2D eigenvalue weighted by Crippen LogP contribution is 2.20. The van der Waals surface area contributed by atoms with Crippen molar-refractivity contribution < 1.29 is 9.53 Å². The Labute approximate surface area is 163 Å². The lowest BCUT2D eigenvalue weighted by molar-refractivity contribution is -0.134. The van der Waals surface area contributed by atoms with Crippen molar-refractivity contribution in [3.05, 3.63) is 86.6 Å². The molecule has 0 atom stereocenters. The molecule has 1 aromatic heterocycles. The lowest BCUT2D eigenvalue weighted by Gasteiger charge is -2.14. The fraction of sp³-hybridized carbons (Fsp3) is 0.0476. The van der Waals surface area contributed by atoms with Crippen molar-refractivity contribution in [3.63, 3.8) is 0 Å². The predicted octanol–water partition coefficient (Wildman–Crippen LogP) is 4.36. The highest BCUT2D eigenvalue weighted by molar-refractivity contribution is 14.1. The lowest BCUT2D eigenvalue weighted by Crippen LogP contribution is -2.19. The van der Waals surface area contributed by atoms with Gasteiger partial charge in [-0.25, -0.2) is 4.79 Å². The van der Waals surface area contributed by atoms with Crippen LogP contribution in [0.2, 0.25) is 0 Å². The maximum atomic E-state index is 12.7. The number of pyridine rings is 1. The van der Waals surface area contributed by atoms with E-state index in [4.69, 9.17) is 4.74 Å². The third-order valence-corrected chi connectivity index (χ3v) is 4.93. The van der Waals surface area contributed by atoms with E-state index in [9.17, 15) is 9.59 Å². The quantitative estimate of drug-likeness (QED) is 0.200. The molecule has 0 spiro atoms. The van der Waals surface area contributed by atoms with Crippen molar-refractivity contribution in [3.8, 4) is 5.75 Å². The van der Waals surface area contributed by atoms with E-state index >= 15 is 0 Å². The molecule has 4 rings (SSSR count). The molecule has 0 saturated heterocycles. The maximum Gasteiger partial charge on any atom is 0.331 e. The number of halogens is 1. The number of hydrogen-bond donors (Lipinski definition) is 0. The van der Waals surface area contributed by atoms with E-state index in [1.807, 2.05) is 53.1 Å². The average molecular weight is 455 g/mol. The molecule has 0 radical (unpaired) electrons. The molecular formula is C21H14INO3. The van der Waals surface area contributed by atoms with Gasteiger partial charge in [0.05, 0.1) is 11.0 Å². The van der Waals surface area contributed by atoms with Gasteiger partial charge in [-0.15, -0.1) is 0 Å². The SMILES string of the molecule is O=C(Cn1c2ccccc2c(=O)c2ccccc21)Oc1ccc(I)cc1. The molecule has 5 heteroatoms. The van der Waals surface area contributed by atoms with Crippen molar-refractivity contribution >= 4 is 50.4 Å². The topological polar surface area (TPSA) is 48.3 Å². The Hall–Kier alpha value is -2.67. The standard InChI is InChI=1S/C21H14INO3/c22-14-9-11-15(12-10-14)26-20(24)13-23-18-7-3-1-5-16(18)21(25)17-6-2-4-8-19(17)23/h1-12H,13H2. The van der Waals surface area contributed by atoms with Crippen LogP contribution in [0.25, 0.3) is 21.8 Å². The molecule has 0 bridgehead atoms. The average Bonchev–Trinajstić information content (AvgIpc) is 2.67. The van der Waals surface area contributed by atoms with E-state index < -0.39 is 0 Å². The molecule has 0 amide bonds. The molecule has 4 nitrogen and oxygen atoms in total. The summed E-state index contributed by atoms with van der Waals surface area (Å²) >= 11 is 2.20. The van der Waals surface area contributed by atoms with Crippen molar-refractivity contribution in [2.45, 2.75) is 6.54 Å². The first-order valence-corrected chi connectivity index (χ1v) is 9.18. The van der Waals surface area contributed by atoms with Crippen LogP contribution >= 0.6 is 22.6 Å². The number of aromatic nitrogens is 1. The first-order valence-electron chi connectivity index (χ1n) is 8.10. The first-order chi connectivity index (χ1) is 12.6. The molecule has 0 aliphatic heterocycles. The summed E-state index contributed by atoms with van der Waals surface area (Å²) < 4.78 is 8.36. The van der Waals surface area contributed by atoms with E-state index in [0.29, 0.717) is 16.5 Å². The maximum absolute atomic E-state index is 12.7. The van der Waals surface area contributed by atoms with E-state index in [2.05, 4.69) is 22.6 Å². The second-order valence-corrected chi connectivity index (χ2v) is 7.12. The van der Waals surface area contributed by atoms with Gasteiger partial charge >= 0.3 is 5.97 Å². The molecule has 26 heavy (non-hydrogen) atoms. The number of nitrogens with zero attached hydrogens (tertiary/aromatic N) is 1. The van der Waals surface area contributed by atoms with Crippen LogP contribution in [0.1, 0.15) is 0 Å². The van der Waals surface area contributed by atoms with Crippen LogP contribution in [0.4, 0.5) is 0 Å². The Kier molecular flexibility index (Phi) is 4.46. The summed E-state index contributed by atoms with van der Waals surface area (Å²) in [7, 11) is 0. The highest BCUT2D eigenvalue weighted by Gasteiger charge is 2.14. The number of carbonyl (C=O) groups excluding carboxylic acids is 1. The smallest absolute Gasteiger partial charge is 0.331 e. The minimum absolute atomic E-state index is 0.0211. The van der Waals surface area contributed by atoms with Crippen molar-refractivity contribution in [2.75, 3.05) is 0 Å². The molecular weight excluding hydrogens is 441 g/mol. The number of benzene rings is 3. The normalized spacial score (nSPS) is 11.0. The summed E-state index contributed by atoms with van der Waals surface area (Å²) in [5.74, 6) is 0.121.